The van der Waals surface area contributed by atoms with Crippen LogP contribution in [0.2, 0.25) is 0 Å². The van der Waals surface area contributed by atoms with Crippen LogP contribution in [0.3, 0.4) is 0 Å². The zero-order chi connectivity index (χ0) is 15.2. The summed E-state index contributed by atoms with van der Waals surface area (Å²) in [6, 6.07) is 8.67. The number of anilines is 1. The molecule has 1 heterocycles. The average molecular weight is 289 g/mol. The number of hydrogen-bond donors (Lipinski definition) is 3. The molecule has 8 nitrogen and oxygen atoms in total. The van der Waals surface area contributed by atoms with E-state index >= 15 is 0 Å². The normalized spacial score (nSPS) is 10.1. The molecule has 0 bridgehead atoms. The maximum Gasteiger partial charge on any atom is 0.404 e. The van der Waals surface area contributed by atoms with Crippen LogP contribution >= 0.6 is 0 Å². The lowest BCUT2D eigenvalue weighted by molar-refractivity contribution is 0.0931. The highest BCUT2D eigenvalue weighted by Crippen LogP contribution is 2.10. The number of nitrogens with zero attached hydrogens (tertiary/aromatic N) is 2. The molecule has 2 rings (SSSR count). The van der Waals surface area contributed by atoms with Crippen molar-refractivity contribution in [1.29, 1.82) is 0 Å². The Balaban J connectivity index is 1.94. The van der Waals surface area contributed by atoms with E-state index in [0.717, 1.165) is 5.69 Å². The summed E-state index contributed by atoms with van der Waals surface area (Å²) in [6.45, 7) is 0.177. The molecule has 5 N–H and O–H groups in total. The van der Waals surface area contributed by atoms with E-state index in [0.29, 0.717) is 5.69 Å². The van der Waals surface area contributed by atoms with Crippen molar-refractivity contribution in [2.24, 2.45) is 5.73 Å². The molecule has 0 atom stereocenters. The van der Waals surface area contributed by atoms with E-state index in [-0.39, 0.29) is 24.8 Å². The summed E-state index contributed by atoms with van der Waals surface area (Å²) in [5.41, 5.74) is 12.1. The minimum atomic E-state index is -0.878. The van der Waals surface area contributed by atoms with Gasteiger partial charge < -0.3 is 21.5 Å². The summed E-state index contributed by atoms with van der Waals surface area (Å²) in [5, 5.41) is 6.72. The van der Waals surface area contributed by atoms with Gasteiger partial charge in [0.15, 0.2) is 5.69 Å². The number of ether oxygens (including phenoxy) is 1. The fraction of sp³-hybridized carbons (Fsp3) is 0.154. The molecular weight excluding hydrogens is 274 g/mol. The molecule has 0 fully saturated rings. The lowest BCUT2D eigenvalue weighted by Crippen LogP contribution is -2.29. The molecule has 110 valence electrons. The number of amides is 2. The summed E-state index contributed by atoms with van der Waals surface area (Å²) in [5.74, 6) is -0.364. The van der Waals surface area contributed by atoms with Crippen LogP contribution in [-0.4, -0.2) is 34.9 Å². The Morgan fingerprint density at radius 2 is 1.95 bits per heavy atom. The van der Waals surface area contributed by atoms with E-state index in [4.69, 9.17) is 11.5 Å². The second kappa shape index (κ2) is 6.42. The Kier molecular flexibility index (Phi) is 4.39. The van der Waals surface area contributed by atoms with Gasteiger partial charge in [-0.3, -0.25) is 4.79 Å². The molecular formula is C13H15N5O3. The van der Waals surface area contributed by atoms with Crippen molar-refractivity contribution >= 4 is 17.7 Å². The van der Waals surface area contributed by atoms with Crippen molar-refractivity contribution in [2.45, 2.75) is 0 Å². The molecule has 1 aromatic carbocycles. The molecule has 0 spiro atoms. The number of nitrogens with two attached hydrogens (primary N) is 2. The highest BCUT2D eigenvalue weighted by atomic mass is 16.5. The standard InChI is InChI=1S/C13H15N5O3/c14-9-1-3-10(4-2-9)18-7-5-11(17-18)12(19)16-6-8-21-13(15)20/h1-5,7H,6,8,14H2,(H2,15,20)(H,16,19). The molecule has 0 saturated carbocycles. The van der Waals surface area contributed by atoms with Crippen molar-refractivity contribution in [1.82, 2.24) is 15.1 Å². The molecule has 0 unspecified atom stereocenters. The van der Waals surface area contributed by atoms with Crippen LogP contribution in [0.4, 0.5) is 10.5 Å². The molecule has 8 heteroatoms. The van der Waals surface area contributed by atoms with E-state index in [1.807, 2.05) is 0 Å². The lowest BCUT2D eigenvalue weighted by Gasteiger charge is -2.03. The van der Waals surface area contributed by atoms with Gasteiger partial charge in [-0.15, -0.1) is 0 Å². The number of primary amides is 1. The molecule has 21 heavy (non-hydrogen) atoms. The molecule has 2 aromatic rings. The number of carbonyl (C=O) groups excluding carboxylic acids is 2. The van der Waals surface area contributed by atoms with Gasteiger partial charge >= 0.3 is 6.09 Å². The molecule has 0 saturated heterocycles. The average Bonchev–Trinajstić information content (AvgIpc) is 2.94. The van der Waals surface area contributed by atoms with Crippen LogP contribution in [0.15, 0.2) is 36.5 Å². The van der Waals surface area contributed by atoms with E-state index in [9.17, 15) is 9.59 Å². The third-order valence-corrected chi connectivity index (χ3v) is 2.61. The number of rotatable bonds is 5. The van der Waals surface area contributed by atoms with Crippen molar-refractivity contribution in [3.63, 3.8) is 0 Å². The molecule has 0 aliphatic heterocycles. The van der Waals surface area contributed by atoms with Gasteiger partial charge in [0.25, 0.3) is 5.91 Å². The van der Waals surface area contributed by atoms with Crippen molar-refractivity contribution in [3.05, 3.63) is 42.2 Å². The number of nitrogens with one attached hydrogen (secondary N) is 1. The zero-order valence-electron chi connectivity index (χ0n) is 11.2. The van der Waals surface area contributed by atoms with Gasteiger partial charge in [-0.1, -0.05) is 0 Å². The van der Waals surface area contributed by atoms with Gasteiger partial charge in [-0.2, -0.15) is 5.10 Å². The quantitative estimate of drug-likeness (QED) is 0.538. The number of nitrogen functional groups attached to an aromatic ring is 1. The van der Waals surface area contributed by atoms with E-state index in [1.54, 1.807) is 41.2 Å². The Hall–Kier alpha value is -3.03. The first-order chi connectivity index (χ1) is 10.1. The molecule has 1 aromatic heterocycles. The van der Waals surface area contributed by atoms with Crippen LogP contribution < -0.4 is 16.8 Å². The number of benzene rings is 1. The fourth-order valence-electron chi connectivity index (χ4n) is 1.62. The largest absolute Gasteiger partial charge is 0.448 e. The Morgan fingerprint density at radius 1 is 1.24 bits per heavy atom. The smallest absolute Gasteiger partial charge is 0.404 e. The number of carbonyl (C=O) groups is 2. The minimum Gasteiger partial charge on any atom is -0.448 e. The SMILES string of the molecule is NC(=O)OCCNC(=O)c1ccn(-c2ccc(N)cc2)n1. The lowest BCUT2D eigenvalue weighted by atomic mass is 10.3. The molecule has 0 aliphatic carbocycles. The highest BCUT2D eigenvalue weighted by Gasteiger charge is 2.09. The number of hydrogen-bond acceptors (Lipinski definition) is 5. The van der Waals surface area contributed by atoms with Gasteiger partial charge in [0.05, 0.1) is 12.2 Å². The topological polar surface area (TPSA) is 125 Å². The van der Waals surface area contributed by atoms with Crippen LogP contribution in [0.5, 0.6) is 0 Å². The van der Waals surface area contributed by atoms with Crippen LogP contribution in [0.1, 0.15) is 10.5 Å². The third-order valence-electron chi connectivity index (χ3n) is 2.61. The van der Waals surface area contributed by atoms with E-state index in [1.165, 1.54) is 0 Å². The summed E-state index contributed by atoms with van der Waals surface area (Å²) >= 11 is 0. The maximum atomic E-state index is 11.8. The van der Waals surface area contributed by atoms with Gasteiger partial charge in [-0.25, -0.2) is 9.48 Å². The van der Waals surface area contributed by atoms with Crippen LogP contribution in [0.25, 0.3) is 5.69 Å². The highest BCUT2D eigenvalue weighted by molar-refractivity contribution is 5.92. The Morgan fingerprint density at radius 3 is 2.62 bits per heavy atom. The first-order valence-corrected chi connectivity index (χ1v) is 6.18. The van der Waals surface area contributed by atoms with Gasteiger partial charge in [-0.05, 0) is 30.3 Å². The van der Waals surface area contributed by atoms with Crippen LogP contribution in [-0.2, 0) is 4.74 Å². The summed E-state index contributed by atoms with van der Waals surface area (Å²) in [4.78, 5) is 22.2. The minimum absolute atomic E-state index is 0.0136. The predicted octanol–water partition coefficient (Wildman–Crippen LogP) is 0.280. The Bertz CT molecular complexity index is 636. The zero-order valence-corrected chi connectivity index (χ0v) is 11.2. The maximum absolute atomic E-state index is 11.8. The summed E-state index contributed by atoms with van der Waals surface area (Å²) in [6.07, 6.45) is 0.789. The predicted molar refractivity (Wildman–Crippen MR) is 75.8 cm³/mol. The second-order valence-corrected chi connectivity index (χ2v) is 4.16. The van der Waals surface area contributed by atoms with Crippen molar-refractivity contribution < 1.29 is 14.3 Å². The van der Waals surface area contributed by atoms with E-state index < -0.39 is 6.09 Å². The third kappa shape index (κ3) is 3.96. The molecule has 0 aliphatic rings. The van der Waals surface area contributed by atoms with E-state index in [2.05, 4.69) is 15.2 Å². The second-order valence-electron chi connectivity index (χ2n) is 4.16. The summed E-state index contributed by atoms with van der Waals surface area (Å²) in [7, 11) is 0. The monoisotopic (exact) mass is 289 g/mol. The van der Waals surface area contributed by atoms with Gasteiger partial charge in [0, 0.05) is 11.9 Å². The molecule has 2 amide bonds. The summed E-state index contributed by atoms with van der Waals surface area (Å²) < 4.78 is 6.06. The first kappa shape index (κ1) is 14.4. The van der Waals surface area contributed by atoms with Crippen molar-refractivity contribution in [3.8, 4) is 5.69 Å². The van der Waals surface area contributed by atoms with Crippen LogP contribution in [0, 0.1) is 0 Å². The number of aromatic nitrogens is 2. The van der Waals surface area contributed by atoms with Gasteiger partial charge in [0.1, 0.15) is 6.61 Å². The first-order valence-electron chi connectivity index (χ1n) is 6.18. The molecule has 0 radical (unpaired) electrons. The Labute approximate surface area is 120 Å². The van der Waals surface area contributed by atoms with Crippen molar-refractivity contribution in [2.75, 3.05) is 18.9 Å². The van der Waals surface area contributed by atoms with Gasteiger partial charge in [0.2, 0.25) is 0 Å². The fourth-order valence-corrected chi connectivity index (χ4v) is 1.62.